The summed E-state index contributed by atoms with van der Waals surface area (Å²) in [5, 5.41) is 6.03. The highest BCUT2D eigenvalue weighted by molar-refractivity contribution is 5.94. The van der Waals surface area contributed by atoms with Crippen LogP contribution in [0.5, 0.6) is 0 Å². The van der Waals surface area contributed by atoms with E-state index in [-0.39, 0.29) is 5.91 Å². The maximum atomic E-state index is 12.1. The van der Waals surface area contributed by atoms with E-state index in [0.717, 1.165) is 18.8 Å². The molecule has 0 radical (unpaired) electrons. The van der Waals surface area contributed by atoms with E-state index in [1.807, 2.05) is 12.1 Å². The van der Waals surface area contributed by atoms with Crippen LogP contribution in [0.3, 0.4) is 0 Å². The topological polar surface area (TPSA) is 66.5 Å². The van der Waals surface area contributed by atoms with E-state index in [4.69, 9.17) is 4.74 Å². The first-order chi connectivity index (χ1) is 12.2. The van der Waals surface area contributed by atoms with Crippen molar-refractivity contribution in [2.24, 2.45) is 0 Å². The normalized spacial score (nSPS) is 10.4. The first-order valence-corrected chi connectivity index (χ1v) is 8.53. The Labute approximate surface area is 149 Å². The fraction of sp³-hybridized carbons (Fsp3) is 0.368. The minimum absolute atomic E-state index is 0.139. The minimum atomic E-state index is -0.139. The number of ether oxygens (including phenoxy) is 1. The Morgan fingerprint density at radius 3 is 2.52 bits per heavy atom. The second kappa shape index (κ2) is 9.64. The number of benzene rings is 1. The summed E-state index contributed by atoms with van der Waals surface area (Å²) in [5.41, 5.74) is 2.68. The third kappa shape index (κ3) is 5.46. The molecule has 134 valence electrons. The molecule has 0 aliphatic heterocycles. The molecule has 1 heterocycles. The number of anilines is 3. The van der Waals surface area contributed by atoms with Crippen LogP contribution in [-0.4, -0.2) is 44.2 Å². The van der Waals surface area contributed by atoms with Crippen LogP contribution < -0.4 is 15.5 Å². The summed E-state index contributed by atoms with van der Waals surface area (Å²) in [6.07, 6.45) is 1.62. The highest BCUT2D eigenvalue weighted by Gasteiger charge is 2.07. The van der Waals surface area contributed by atoms with E-state index in [0.29, 0.717) is 24.5 Å². The Morgan fingerprint density at radius 2 is 1.88 bits per heavy atom. The molecule has 2 N–H and O–H groups in total. The third-order valence-corrected chi connectivity index (χ3v) is 3.88. The molecule has 6 heteroatoms. The zero-order valence-corrected chi connectivity index (χ0v) is 15.1. The van der Waals surface area contributed by atoms with Crippen LogP contribution in [0.15, 0.2) is 42.6 Å². The van der Waals surface area contributed by atoms with Gasteiger partial charge in [0.2, 0.25) is 0 Å². The number of carbonyl (C=O) groups excluding carboxylic acids is 1. The van der Waals surface area contributed by atoms with Gasteiger partial charge in [-0.05, 0) is 50.2 Å². The fourth-order valence-electron chi connectivity index (χ4n) is 2.50. The molecule has 1 aromatic carbocycles. The lowest BCUT2D eigenvalue weighted by Crippen LogP contribution is -2.27. The smallest absolute Gasteiger partial charge is 0.251 e. The Morgan fingerprint density at radius 1 is 1.16 bits per heavy atom. The molecule has 2 aromatic rings. The second-order valence-electron chi connectivity index (χ2n) is 5.52. The predicted molar refractivity (Wildman–Crippen MR) is 102 cm³/mol. The van der Waals surface area contributed by atoms with Crippen LogP contribution in [0, 0.1) is 0 Å². The van der Waals surface area contributed by atoms with Gasteiger partial charge in [0.15, 0.2) is 0 Å². The van der Waals surface area contributed by atoms with Gasteiger partial charge in [-0.15, -0.1) is 0 Å². The Kier molecular flexibility index (Phi) is 7.22. The highest BCUT2D eigenvalue weighted by atomic mass is 16.5. The van der Waals surface area contributed by atoms with Gasteiger partial charge in [-0.3, -0.25) is 4.79 Å². The van der Waals surface area contributed by atoms with Gasteiger partial charge in [-0.2, -0.15) is 0 Å². The molecular formula is C19H26N4O2. The number of amides is 1. The molecule has 0 fully saturated rings. The predicted octanol–water partition coefficient (Wildman–Crippen LogP) is 3.05. The number of carbonyl (C=O) groups is 1. The first-order valence-electron chi connectivity index (χ1n) is 8.53. The highest BCUT2D eigenvalue weighted by Crippen LogP contribution is 2.20. The second-order valence-corrected chi connectivity index (χ2v) is 5.52. The summed E-state index contributed by atoms with van der Waals surface area (Å²) in [5.74, 6) is 0.495. The van der Waals surface area contributed by atoms with Crippen molar-refractivity contribution in [3.63, 3.8) is 0 Å². The van der Waals surface area contributed by atoms with Gasteiger partial charge in [-0.25, -0.2) is 4.98 Å². The largest absolute Gasteiger partial charge is 0.383 e. The maximum Gasteiger partial charge on any atom is 0.251 e. The standard InChI is InChI=1S/C19H26N4O2/c1-4-23(5-2)17-8-6-16(7-9-17)22-18-14-15(10-11-20-18)19(24)21-12-13-25-3/h6-11,14H,4-5,12-13H2,1-3H3,(H,20,22)(H,21,24). The third-order valence-electron chi connectivity index (χ3n) is 3.88. The SMILES string of the molecule is CCN(CC)c1ccc(Nc2cc(C(=O)NCCOC)ccn2)cc1. The average Bonchev–Trinajstić information content (AvgIpc) is 2.64. The zero-order chi connectivity index (χ0) is 18.1. The monoisotopic (exact) mass is 342 g/mol. The number of nitrogens with zero attached hydrogens (tertiary/aromatic N) is 2. The van der Waals surface area contributed by atoms with E-state index < -0.39 is 0 Å². The molecule has 0 spiro atoms. The summed E-state index contributed by atoms with van der Waals surface area (Å²) in [6.45, 7) is 7.20. The summed E-state index contributed by atoms with van der Waals surface area (Å²) in [4.78, 5) is 18.6. The van der Waals surface area contributed by atoms with Crippen molar-refractivity contribution in [3.05, 3.63) is 48.2 Å². The molecule has 0 aliphatic carbocycles. The van der Waals surface area contributed by atoms with E-state index in [1.54, 1.807) is 25.4 Å². The molecule has 0 aliphatic rings. The van der Waals surface area contributed by atoms with Crippen molar-refractivity contribution in [1.29, 1.82) is 0 Å². The molecular weight excluding hydrogens is 316 g/mol. The van der Waals surface area contributed by atoms with Crippen LogP contribution in [0.4, 0.5) is 17.2 Å². The Bertz CT molecular complexity index is 669. The van der Waals surface area contributed by atoms with Crippen LogP contribution >= 0.6 is 0 Å². The summed E-state index contributed by atoms with van der Waals surface area (Å²) in [6, 6.07) is 11.6. The van der Waals surface area contributed by atoms with Gasteiger partial charge in [0.25, 0.3) is 5.91 Å². The molecule has 6 nitrogen and oxygen atoms in total. The fourth-order valence-corrected chi connectivity index (χ4v) is 2.50. The number of hydrogen-bond acceptors (Lipinski definition) is 5. The van der Waals surface area contributed by atoms with Crippen molar-refractivity contribution in [2.75, 3.05) is 43.6 Å². The van der Waals surface area contributed by atoms with Crippen LogP contribution in [0.25, 0.3) is 0 Å². The molecule has 1 amide bonds. The van der Waals surface area contributed by atoms with Crippen LogP contribution in [-0.2, 0) is 4.74 Å². The first kappa shape index (κ1) is 18.7. The van der Waals surface area contributed by atoms with Crippen molar-refractivity contribution >= 4 is 23.1 Å². The van der Waals surface area contributed by atoms with Gasteiger partial charge in [0.1, 0.15) is 5.82 Å². The summed E-state index contributed by atoms with van der Waals surface area (Å²) >= 11 is 0. The van der Waals surface area contributed by atoms with Gasteiger partial charge < -0.3 is 20.3 Å². The van der Waals surface area contributed by atoms with Gasteiger partial charge in [0, 0.05) is 49.9 Å². The van der Waals surface area contributed by atoms with Gasteiger partial charge in [-0.1, -0.05) is 0 Å². The number of pyridine rings is 1. The lowest BCUT2D eigenvalue weighted by Gasteiger charge is -2.21. The van der Waals surface area contributed by atoms with E-state index in [9.17, 15) is 4.79 Å². The van der Waals surface area contributed by atoms with Crippen molar-refractivity contribution in [2.45, 2.75) is 13.8 Å². The Hall–Kier alpha value is -2.60. The number of aromatic nitrogens is 1. The molecule has 0 atom stereocenters. The zero-order valence-electron chi connectivity index (χ0n) is 15.1. The van der Waals surface area contributed by atoms with E-state index in [2.05, 4.69) is 46.5 Å². The summed E-state index contributed by atoms with van der Waals surface area (Å²) in [7, 11) is 1.60. The number of methoxy groups -OCH3 is 1. The summed E-state index contributed by atoms with van der Waals surface area (Å²) < 4.78 is 4.93. The van der Waals surface area contributed by atoms with Crippen molar-refractivity contribution in [3.8, 4) is 0 Å². The van der Waals surface area contributed by atoms with Crippen molar-refractivity contribution < 1.29 is 9.53 Å². The molecule has 25 heavy (non-hydrogen) atoms. The molecule has 2 rings (SSSR count). The lowest BCUT2D eigenvalue weighted by atomic mass is 10.2. The number of nitrogens with one attached hydrogen (secondary N) is 2. The molecule has 0 saturated heterocycles. The van der Waals surface area contributed by atoms with E-state index in [1.165, 1.54) is 5.69 Å². The molecule has 0 bridgehead atoms. The number of rotatable bonds is 9. The van der Waals surface area contributed by atoms with Crippen LogP contribution in [0.2, 0.25) is 0 Å². The van der Waals surface area contributed by atoms with Gasteiger partial charge in [0.05, 0.1) is 6.61 Å². The quantitative estimate of drug-likeness (QED) is 0.686. The molecule has 0 unspecified atom stereocenters. The lowest BCUT2D eigenvalue weighted by molar-refractivity contribution is 0.0937. The van der Waals surface area contributed by atoms with Crippen molar-refractivity contribution in [1.82, 2.24) is 10.3 Å². The Balaban J connectivity index is 2.03. The maximum absolute atomic E-state index is 12.1. The molecule has 0 saturated carbocycles. The molecule has 1 aromatic heterocycles. The number of hydrogen-bond donors (Lipinski definition) is 2. The van der Waals surface area contributed by atoms with Crippen LogP contribution in [0.1, 0.15) is 24.2 Å². The van der Waals surface area contributed by atoms with E-state index >= 15 is 0 Å². The average molecular weight is 342 g/mol. The van der Waals surface area contributed by atoms with Gasteiger partial charge >= 0.3 is 0 Å². The minimum Gasteiger partial charge on any atom is -0.383 e.